The first-order valence-electron chi connectivity index (χ1n) is 10.1. The summed E-state index contributed by atoms with van der Waals surface area (Å²) in [6.45, 7) is 7.72. The summed E-state index contributed by atoms with van der Waals surface area (Å²) in [6.07, 6.45) is 13.6. The monoisotopic (exact) mass is 339 g/mol. The Morgan fingerprint density at radius 2 is 2.12 bits per heavy atom. The highest BCUT2D eigenvalue weighted by Gasteiger charge is 2.62. The minimum atomic E-state index is -0.0207. The second-order valence-electron chi connectivity index (χ2n) is 9.29. The van der Waals surface area contributed by atoms with E-state index in [1.807, 2.05) is 0 Å². The first-order chi connectivity index (χ1) is 12.1. The zero-order chi connectivity index (χ0) is 17.2. The molecule has 3 nitrogen and oxygen atoms in total. The molecule has 5 aliphatic rings. The van der Waals surface area contributed by atoms with E-state index in [2.05, 4.69) is 30.8 Å². The first kappa shape index (κ1) is 16.0. The van der Waals surface area contributed by atoms with Crippen LogP contribution in [-0.2, 0) is 4.74 Å². The van der Waals surface area contributed by atoms with Gasteiger partial charge in [-0.05, 0) is 74.7 Å². The van der Waals surface area contributed by atoms with Gasteiger partial charge < -0.3 is 4.74 Å². The first-order valence-corrected chi connectivity index (χ1v) is 10.1. The van der Waals surface area contributed by atoms with E-state index in [9.17, 15) is 4.91 Å². The third-order valence-electron chi connectivity index (χ3n) is 8.52. The van der Waals surface area contributed by atoms with Crippen molar-refractivity contribution in [2.75, 3.05) is 6.61 Å². The molecule has 1 spiro atoms. The molecule has 0 saturated heterocycles. The predicted octanol–water partition coefficient (Wildman–Crippen LogP) is 5.33. The van der Waals surface area contributed by atoms with Gasteiger partial charge in [-0.25, -0.2) is 0 Å². The van der Waals surface area contributed by atoms with Crippen LogP contribution in [0.5, 0.6) is 0 Å². The molecule has 0 aromatic heterocycles. The van der Waals surface area contributed by atoms with Crippen LogP contribution in [0.25, 0.3) is 0 Å². The zero-order valence-electron chi connectivity index (χ0n) is 15.3. The Kier molecular flexibility index (Phi) is 3.45. The molecule has 4 aliphatic carbocycles. The van der Waals surface area contributed by atoms with Gasteiger partial charge in [-0.3, -0.25) is 0 Å². The lowest BCUT2D eigenvalue weighted by Crippen LogP contribution is -2.51. The molecule has 0 radical (unpaired) electrons. The van der Waals surface area contributed by atoms with Crippen molar-refractivity contribution in [2.24, 2.45) is 28.3 Å². The molecule has 0 aromatic rings. The summed E-state index contributed by atoms with van der Waals surface area (Å²) in [5.74, 6) is 2.18. The van der Waals surface area contributed by atoms with Gasteiger partial charge in [0.1, 0.15) is 0 Å². The van der Waals surface area contributed by atoms with Gasteiger partial charge >= 0.3 is 0 Å². The fraction of sp³-hybridized carbons (Fsp3) is 0.727. The number of hydrogen-bond donors (Lipinski definition) is 0. The van der Waals surface area contributed by atoms with Crippen LogP contribution in [0.2, 0.25) is 0 Å². The Balaban J connectivity index is 1.49. The Hall–Kier alpha value is -1.22. The van der Waals surface area contributed by atoms with Crippen molar-refractivity contribution in [3.8, 4) is 0 Å². The highest BCUT2D eigenvalue weighted by atomic mass is 16.5. The lowest BCUT2D eigenvalue weighted by atomic mass is 9.52. The summed E-state index contributed by atoms with van der Waals surface area (Å²) < 4.78 is 6.32. The lowest BCUT2D eigenvalue weighted by molar-refractivity contribution is -0.0987. The van der Waals surface area contributed by atoms with Crippen LogP contribution in [0.3, 0.4) is 0 Å². The second kappa shape index (κ2) is 5.39. The predicted molar refractivity (Wildman–Crippen MR) is 99.1 cm³/mol. The molecule has 4 unspecified atom stereocenters. The molecule has 0 N–H and O–H groups in total. The van der Waals surface area contributed by atoms with Gasteiger partial charge in [-0.1, -0.05) is 42.0 Å². The largest absolute Gasteiger partial charge is 0.366 e. The summed E-state index contributed by atoms with van der Waals surface area (Å²) in [4.78, 5) is 11.0. The molecular weight excluding hydrogens is 310 g/mol. The maximum Gasteiger partial charge on any atom is 0.0963 e. The third kappa shape index (κ3) is 2.02. The number of ether oxygens (including phenoxy) is 1. The number of nitrogens with zero attached hydrogens (tertiary/aromatic N) is 1. The Bertz CT molecular complexity index is 692. The van der Waals surface area contributed by atoms with E-state index >= 15 is 0 Å². The van der Waals surface area contributed by atoms with E-state index in [-0.39, 0.29) is 17.1 Å². The van der Waals surface area contributed by atoms with Gasteiger partial charge in [0.2, 0.25) is 0 Å². The van der Waals surface area contributed by atoms with Crippen LogP contribution < -0.4 is 0 Å². The number of fused-ring (bicyclic) bond motifs is 5. The van der Waals surface area contributed by atoms with Crippen molar-refractivity contribution in [2.45, 2.75) is 69.9 Å². The molecule has 1 aliphatic heterocycles. The minimum Gasteiger partial charge on any atom is -0.366 e. The normalized spacial score (nSPS) is 48.4. The molecule has 0 aromatic carbocycles. The Morgan fingerprint density at radius 1 is 1.24 bits per heavy atom. The molecule has 6 atom stereocenters. The number of rotatable bonds is 1. The van der Waals surface area contributed by atoms with Gasteiger partial charge in [-0.2, -0.15) is 4.91 Å². The second-order valence-corrected chi connectivity index (χ2v) is 9.29. The molecule has 0 amide bonds. The van der Waals surface area contributed by atoms with E-state index < -0.39 is 0 Å². The van der Waals surface area contributed by atoms with Gasteiger partial charge in [0.25, 0.3) is 0 Å². The maximum atomic E-state index is 11.0. The Labute approximate surface area is 150 Å². The summed E-state index contributed by atoms with van der Waals surface area (Å²) in [6, 6.07) is -0.0207. The van der Waals surface area contributed by atoms with Crippen LogP contribution >= 0.6 is 0 Å². The smallest absolute Gasteiger partial charge is 0.0963 e. The molecule has 2 saturated carbocycles. The van der Waals surface area contributed by atoms with Crippen LogP contribution in [0, 0.1) is 28.1 Å². The summed E-state index contributed by atoms with van der Waals surface area (Å²) in [5, 5.41) is 3.34. The summed E-state index contributed by atoms with van der Waals surface area (Å²) in [5.41, 5.74) is 4.65. The zero-order valence-corrected chi connectivity index (χ0v) is 15.3. The number of allylic oxidation sites excluding steroid dienone is 2. The van der Waals surface area contributed by atoms with Crippen LogP contribution in [0.4, 0.5) is 0 Å². The van der Waals surface area contributed by atoms with Gasteiger partial charge in [0.15, 0.2) is 0 Å². The van der Waals surface area contributed by atoms with Crippen molar-refractivity contribution < 1.29 is 4.74 Å². The van der Waals surface area contributed by atoms with E-state index in [0.29, 0.717) is 5.92 Å². The van der Waals surface area contributed by atoms with Crippen molar-refractivity contribution >= 4 is 0 Å². The van der Waals surface area contributed by atoms with Crippen molar-refractivity contribution in [3.63, 3.8) is 0 Å². The fourth-order valence-electron chi connectivity index (χ4n) is 7.25. The molecule has 2 fully saturated rings. The molecule has 25 heavy (non-hydrogen) atoms. The topological polar surface area (TPSA) is 38.7 Å². The van der Waals surface area contributed by atoms with E-state index in [4.69, 9.17) is 4.74 Å². The van der Waals surface area contributed by atoms with Crippen molar-refractivity contribution in [1.29, 1.82) is 0 Å². The van der Waals surface area contributed by atoms with Gasteiger partial charge in [-0.15, -0.1) is 0 Å². The van der Waals surface area contributed by atoms with E-state index in [1.54, 1.807) is 5.57 Å². The van der Waals surface area contributed by atoms with Crippen molar-refractivity contribution in [3.05, 3.63) is 40.4 Å². The van der Waals surface area contributed by atoms with Gasteiger partial charge in [0, 0.05) is 5.41 Å². The average molecular weight is 339 g/mol. The fourth-order valence-corrected chi connectivity index (χ4v) is 7.25. The maximum absolute atomic E-state index is 11.0. The van der Waals surface area contributed by atoms with E-state index in [0.717, 1.165) is 44.1 Å². The van der Waals surface area contributed by atoms with E-state index in [1.165, 1.54) is 36.8 Å². The average Bonchev–Trinajstić information content (AvgIpc) is 3.22. The SMILES string of the molecule is C=C1CC2C(CC[C@@]3(C)C2CC[C@@]32C=CCO2)C2=C1CC(N=O)CC2. The quantitative estimate of drug-likeness (QED) is 0.478. The molecule has 134 valence electrons. The number of hydrogen-bond acceptors (Lipinski definition) is 3. The van der Waals surface area contributed by atoms with Crippen LogP contribution in [-0.4, -0.2) is 18.2 Å². The number of nitroso groups, excluding NO2 is 1. The standard InChI is InChI=1S/C22H29NO2/c1-14-12-19-17(16-5-4-15(23-24)13-18(14)16)6-9-21(2)20(19)7-10-22(21)8-3-11-25-22/h3,8,15,17,19-20H,1,4-7,9-13H2,2H3/t15?,17?,19?,20?,21-,22-/m0/s1. The molecule has 3 heteroatoms. The molecule has 1 heterocycles. The summed E-state index contributed by atoms with van der Waals surface area (Å²) in [7, 11) is 0. The highest BCUT2D eigenvalue weighted by molar-refractivity contribution is 5.42. The lowest BCUT2D eigenvalue weighted by Gasteiger charge is -2.54. The van der Waals surface area contributed by atoms with Crippen molar-refractivity contribution in [1.82, 2.24) is 0 Å². The van der Waals surface area contributed by atoms with Crippen LogP contribution in [0.1, 0.15) is 58.3 Å². The molecular formula is C22H29NO2. The van der Waals surface area contributed by atoms with Gasteiger partial charge in [0.05, 0.1) is 18.2 Å². The summed E-state index contributed by atoms with van der Waals surface area (Å²) >= 11 is 0. The third-order valence-corrected chi connectivity index (χ3v) is 8.52. The van der Waals surface area contributed by atoms with Crippen LogP contribution in [0.15, 0.2) is 40.6 Å². The minimum absolute atomic E-state index is 0.00226. The molecule has 5 rings (SSSR count). The Morgan fingerprint density at radius 3 is 2.88 bits per heavy atom. The molecule has 0 bridgehead atoms. The highest BCUT2D eigenvalue weighted by Crippen LogP contribution is 2.66.